The Hall–Kier alpha value is -0.910. The highest BCUT2D eigenvalue weighted by Crippen LogP contribution is 2.27. The first-order chi connectivity index (χ1) is 9.46. The third-order valence-corrected chi connectivity index (χ3v) is 5.92. The van der Waals surface area contributed by atoms with Crippen LogP contribution >= 0.6 is 0 Å². The smallest absolute Gasteiger partial charge is 0.243 e. The van der Waals surface area contributed by atoms with Crippen LogP contribution in [-0.4, -0.2) is 38.0 Å². The van der Waals surface area contributed by atoms with Crippen LogP contribution in [0.1, 0.15) is 31.4 Å². The number of aryl methyl sites for hydroxylation is 2. The number of fused-ring (bicyclic) bond motifs is 1. The molecule has 2 atom stereocenters. The largest absolute Gasteiger partial charge is 0.373 e. The Labute approximate surface area is 120 Å². The second-order valence-electron chi connectivity index (χ2n) is 5.86. The lowest BCUT2D eigenvalue weighted by atomic mass is 10.1. The average molecular weight is 295 g/mol. The van der Waals surface area contributed by atoms with Crippen LogP contribution in [0.25, 0.3) is 0 Å². The minimum absolute atomic E-state index is 0.0528. The fraction of sp³-hybridized carbons (Fsp3) is 0.600. The first kappa shape index (κ1) is 14.0. The number of nitrogens with zero attached hydrogens (tertiary/aromatic N) is 1. The van der Waals surface area contributed by atoms with E-state index in [-0.39, 0.29) is 12.2 Å². The van der Waals surface area contributed by atoms with Crippen molar-refractivity contribution < 1.29 is 13.2 Å². The van der Waals surface area contributed by atoms with E-state index in [1.165, 1.54) is 11.1 Å². The molecule has 0 aromatic heterocycles. The molecule has 20 heavy (non-hydrogen) atoms. The highest BCUT2D eigenvalue weighted by atomic mass is 32.2. The SMILES string of the molecule is C[C@H]1CN(S(=O)(=O)c2ccc3c(c2)CCC3)C[C@H](C)O1. The van der Waals surface area contributed by atoms with Gasteiger partial charge in [0.15, 0.2) is 0 Å². The number of rotatable bonds is 2. The summed E-state index contributed by atoms with van der Waals surface area (Å²) in [4.78, 5) is 0.430. The van der Waals surface area contributed by atoms with E-state index in [4.69, 9.17) is 4.74 Å². The molecule has 3 rings (SSSR count). The van der Waals surface area contributed by atoms with E-state index in [0.29, 0.717) is 18.0 Å². The number of hydrogen-bond acceptors (Lipinski definition) is 3. The number of ether oxygens (including phenoxy) is 1. The summed E-state index contributed by atoms with van der Waals surface area (Å²) in [5.41, 5.74) is 2.49. The molecule has 0 amide bonds. The number of morpholine rings is 1. The van der Waals surface area contributed by atoms with Gasteiger partial charge in [0.25, 0.3) is 0 Å². The van der Waals surface area contributed by atoms with Gasteiger partial charge in [0, 0.05) is 13.1 Å². The van der Waals surface area contributed by atoms with Crippen molar-refractivity contribution >= 4 is 10.0 Å². The fourth-order valence-corrected chi connectivity index (χ4v) is 4.83. The Balaban J connectivity index is 1.91. The van der Waals surface area contributed by atoms with Crippen molar-refractivity contribution in [2.75, 3.05) is 13.1 Å². The second-order valence-corrected chi connectivity index (χ2v) is 7.80. The van der Waals surface area contributed by atoms with Crippen LogP contribution in [-0.2, 0) is 27.6 Å². The topological polar surface area (TPSA) is 46.6 Å². The van der Waals surface area contributed by atoms with Crippen LogP contribution in [0.3, 0.4) is 0 Å². The molecule has 1 aromatic carbocycles. The summed E-state index contributed by atoms with van der Waals surface area (Å²) in [6, 6.07) is 5.59. The van der Waals surface area contributed by atoms with Gasteiger partial charge in [0.1, 0.15) is 0 Å². The molecule has 110 valence electrons. The Morgan fingerprint density at radius 3 is 2.45 bits per heavy atom. The van der Waals surface area contributed by atoms with E-state index in [9.17, 15) is 8.42 Å². The maximum Gasteiger partial charge on any atom is 0.243 e. The van der Waals surface area contributed by atoms with Crippen molar-refractivity contribution in [1.29, 1.82) is 0 Å². The Morgan fingerprint density at radius 1 is 1.10 bits per heavy atom. The zero-order valence-corrected chi connectivity index (χ0v) is 12.8. The second kappa shape index (κ2) is 5.13. The molecule has 5 heteroatoms. The first-order valence-corrected chi connectivity index (χ1v) is 8.68. The highest BCUT2D eigenvalue weighted by molar-refractivity contribution is 7.89. The summed E-state index contributed by atoms with van der Waals surface area (Å²) in [5.74, 6) is 0. The van der Waals surface area contributed by atoms with Crippen molar-refractivity contribution in [3.8, 4) is 0 Å². The lowest BCUT2D eigenvalue weighted by Crippen LogP contribution is -2.48. The predicted molar refractivity (Wildman–Crippen MR) is 77.2 cm³/mol. The van der Waals surface area contributed by atoms with Gasteiger partial charge in [-0.15, -0.1) is 0 Å². The summed E-state index contributed by atoms with van der Waals surface area (Å²) in [7, 11) is -3.40. The molecule has 0 spiro atoms. The highest BCUT2D eigenvalue weighted by Gasteiger charge is 2.32. The minimum Gasteiger partial charge on any atom is -0.373 e. The maximum atomic E-state index is 12.7. The van der Waals surface area contributed by atoms with E-state index in [1.54, 1.807) is 10.4 Å². The van der Waals surface area contributed by atoms with Crippen molar-refractivity contribution in [3.05, 3.63) is 29.3 Å². The quantitative estimate of drug-likeness (QED) is 0.838. The molecule has 2 aliphatic rings. The molecule has 0 unspecified atom stereocenters. The standard InChI is InChI=1S/C15H21NO3S/c1-11-9-16(10-12(2)19-11)20(17,18)15-7-6-13-4-3-5-14(13)8-15/h6-8,11-12H,3-5,9-10H2,1-2H3/t11-,12-/m0/s1. The van der Waals surface area contributed by atoms with E-state index >= 15 is 0 Å². The van der Waals surface area contributed by atoms with Gasteiger partial charge < -0.3 is 4.74 Å². The molecule has 1 aliphatic heterocycles. The van der Waals surface area contributed by atoms with Crippen LogP contribution < -0.4 is 0 Å². The Morgan fingerprint density at radius 2 is 1.75 bits per heavy atom. The van der Waals surface area contributed by atoms with Crippen LogP contribution in [0.4, 0.5) is 0 Å². The minimum atomic E-state index is -3.40. The molecule has 1 aromatic rings. The maximum absolute atomic E-state index is 12.7. The predicted octanol–water partition coefficient (Wildman–Crippen LogP) is 1.97. The van der Waals surface area contributed by atoms with Crippen LogP contribution in [0.15, 0.2) is 23.1 Å². The lowest BCUT2D eigenvalue weighted by molar-refractivity contribution is -0.0440. The zero-order valence-electron chi connectivity index (χ0n) is 12.0. The summed E-state index contributed by atoms with van der Waals surface area (Å²) in [6.45, 7) is 4.70. The van der Waals surface area contributed by atoms with Crippen molar-refractivity contribution in [2.45, 2.75) is 50.2 Å². The van der Waals surface area contributed by atoms with Crippen LogP contribution in [0.2, 0.25) is 0 Å². The molecule has 1 fully saturated rings. The van der Waals surface area contributed by atoms with Crippen LogP contribution in [0.5, 0.6) is 0 Å². The van der Waals surface area contributed by atoms with Gasteiger partial charge in [0.2, 0.25) is 10.0 Å². The number of hydrogen-bond donors (Lipinski definition) is 0. The molecule has 0 N–H and O–H groups in total. The Kier molecular flexibility index (Phi) is 3.60. The lowest BCUT2D eigenvalue weighted by Gasteiger charge is -2.34. The zero-order chi connectivity index (χ0) is 14.3. The number of benzene rings is 1. The molecule has 0 saturated carbocycles. The van der Waals surface area contributed by atoms with Crippen LogP contribution in [0, 0.1) is 0 Å². The van der Waals surface area contributed by atoms with Gasteiger partial charge in [-0.25, -0.2) is 8.42 Å². The van der Waals surface area contributed by atoms with E-state index in [2.05, 4.69) is 0 Å². The molecule has 1 saturated heterocycles. The summed E-state index contributed by atoms with van der Waals surface area (Å²) >= 11 is 0. The van der Waals surface area contributed by atoms with E-state index < -0.39 is 10.0 Å². The molecule has 0 radical (unpaired) electrons. The summed E-state index contributed by atoms with van der Waals surface area (Å²) < 4.78 is 32.7. The summed E-state index contributed by atoms with van der Waals surface area (Å²) in [6.07, 6.45) is 3.09. The fourth-order valence-electron chi connectivity index (χ4n) is 3.18. The molecule has 1 aliphatic carbocycles. The van der Waals surface area contributed by atoms with Gasteiger partial charge >= 0.3 is 0 Å². The van der Waals surface area contributed by atoms with Crippen molar-refractivity contribution in [3.63, 3.8) is 0 Å². The van der Waals surface area contributed by atoms with Crippen molar-refractivity contribution in [2.24, 2.45) is 0 Å². The van der Waals surface area contributed by atoms with E-state index in [0.717, 1.165) is 19.3 Å². The van der Waals surface area contributed by atoms with Crippen molar-refractivity contribution in [1.82, 2.24) is 4.31 Å². The molecule has 1 heterocycles. The molecular formula is C15H21NO3S. The third-order valence-electron chi connectivity index (χ3n) is 4.09. The van der Waals surface area contributed by atoms with Gasteiger partial charge in [-0.05, 0) is 56.4 Å². The van der Waals surface area contributed by atoms with Gasteiger partial charge in [-0.3, -0.25) is 0 Å². The van der Waals surface area contributed by atoms with Gasteiger partial charge in [0.05, 0.1) is 17.1 Å². The normalized spacial score (nSPS) is 27.5. The Bertz CT molecular complexity index is 602. The number of sulfonamides is 1. The monoisotopic (exact) mass is 295 g/mol. The third kappa shape index (κ3) is 2.50. The molecule has 4 nitrogen and oxygen atoms in total. The van der Waals surface area contributed by atoms with Gasteiger partial charge in [-0.1, -0.05) is 6.07 Å². The molecular weight excluding hydrogens is 274 g/mol. The van der Waals surface area contributed by atoms with Gasteiger partial charge in [-0.2, -0.15) is 4.31 Å². The first-order valence-electron chi connectivity index (χ1n) is 7.24. The summed E-state index contributed by atoms with van der Waals surface area (Å²) in [5, 5.41) is 0. The average Bonchev–Trinajstić information content (AvgIpc) is 2.84. The van der Waals surface area contributed by atoms with E-state index in [1.807, 2.05) is 26.0 Å². The molecule has 0 bridgehead atoms.